The van der Waals surface area contributed by atoms with E-state index in [1.807, 2.05) is 18.2 Å². The highest BCUT2D eigenvalue weighted by atomic mass is 15.2. The van der Waals surface area contributed by atoms with Crippen LogP contribution in [0, 0.1) is 0 Å². The van der Waals surface area contributed by atoms with Crippen molar-refractivity contribution in [3.63, 3.8) is 0 Å². The first-order chi connectivity index (χ1) is 12.2. The Morgan fingerprint density at radius 3 is 2.52 bits per heavy atom. The molecule has 1 aliphatic carbocycles. The van der Waals surface area contributed by atoms with Crippen LogP contribution in [-0.4, -0.2) is 48.1 Å². The van der Waals surface area contributed by atoms with Crippen molar-refractivity contribution in [1.29, 1.82) is 0 Å². The minimum absolute atomic E-state index is 0.530. The van der Waals surface area contributed by atoms with Gasteiger partial charge in [0.15, 0.2) is 0 Å². The fourth-order valence-electron chi connectivity index (χ4n) is 3.20. The molecular weight excluding hydrogens is 310 g/mol. The number of nitrogens with one attached hydrogen (secondary N) is 2. The zero-order chi connectivity index (χ0) is 17.5. The molecule has 2 N–H and O–H groups in total. The summed E-state index contributed by atoms with van der Waals surface area (Å²) < 4.78 is 0. The van der Waals surface area contributed by atoms with Gasteiger partial charge in [0.2, 0.25) is 5.95 Å². The lowest BCUT2D eigenvalue weighted by Crippen LogP contribution is -2.24. The van der Waals surface area contributed by atoms with E-state index in [-0.39, 0.29) is 0 Å². The number of likely N-dealkylation sites (N-methyl/N-ethyl adjacent to an activating group) is 1. The molecule has 0 unspecified atom stereocenters. The van der Waals surface area contributed by atoms with Crippen LogP contribution in [0.4, 0.5) is 11.8 Å². The van der Waals surface area contributed by atoms with E-state index in [0.717, 1.165) is 30.2 Å². The lowest BCUT2D eigenvalue weighted by molar-refractivity contribution is 0.425. The highest BCUT2D eigenvalue weighted by Gasteiger charge is 2.15. The number of rotatable bonds is 7. The first kappa shape index (κ1) is 17.7. The Kier molecular flexibility index (Phi) is 6.23. The summed E-state index contributed by atoms with van der Waals surface area (Å²) >= 11 is 0. The quantitative estimate of drug-likeness (QED) is 0.802. The second kappa shape index (κ2) is 8.81. The molecule has 0 spiro atoms. The van der Waals surface area contributed by atoms with Gasteiger partial charge >= 0.3 is 0 Å². The van der Waals surface area contributed by atoms with E-state index < -0.39 is 0 Å². The van der Waals surface area contributed by atoms with Gasteiger partial charge in [0.1, 0.15) is 5.82 Å². The van der Waals surface area contributed by atoms with Crippen molar-refractivity contribution in [3.8, 4) is 11.3 Å². The molecule has 2 aromatic rings. The van der Waals surface area contributed by atoms with E-state index in [9.17, 15) is 0 Å². The Labute approximate surface area is 150 Å². The smallest absolute Gasteiger partial charge is 0.225 e. The van der Waals surface area contributed by atoms with E-state index in [2.05, 4.69) is 47.8 Å². The lowest BCUT2D eigenvalue weighted by Gasteiger charge is -2.23. The van der Waals surface area contributed by atoms with Crippen LogP contribution in [0.3, 0.4) is 0 Å². The van der Waals surface area contributed by atoms with Gasteiger partial charge in [-0.05, 0) is 26.9 Å². The summed E-state index contributed by atoms with van der Waals surface area (Å²) in [5.41, 5.74) is 2.08. The second-order valence-corrected chi connectivity index (χ2v) is 7.04. The number of nitrogens with zero attached hydrogens (tertiary/aromatic N) is 3. The molecule has 25 heavy (non-hydrogen) atoms. The topological polar surface area (TPSA) is 53.1 Å². The Balaban J connectivity index is 1.79. The average molecular weight is 339 g/mol. The van der Waals surface area contributed by atoms with Gasteiger partial charge in [-0.25, -0.2) is 4.98 Å². The molecule has 0 atom stereocenters. The number of benzene rings is 1. The fourth-order valence-corrected chi connectivity index (χ4v) is 3.20. The highest BCUT2D eigenvalue weighted by Crippen LogP contribution is 2.25. The van der Waals surface area contributed by atoms with Crippen LogP contribution in [0.5, 0.6) is 0 Å². The summed E-state index contributed by atoms with van der Waals surface area (Å²) in [6.07, 6.45) is 6.43. The minimum Gasteiger partial charge on any atom is -0.367 e. The van der Waals surface area contributed by atoms with Gasteiger partial charge in [0.25, 0.3) is 0 Å². The van der Waals surface area contributed by atoms with Crippen molar-refractivity contribution in [1.82, 2.24) is 14.9 Å². The summed E-state index contributed by atoms with van der Waals surface area (Å²) in [5, 5.41) is 6.99. The van der Waals surface area contributed by atoms with Gasteiger partial charge < -0.3 is 15.5 Å². The molecule has 3 rings (SSSR count). The predicted octanol–water partition coefficient (Wildman–Crippen LogP) is 3.86. The number of hydrogen-bond acceptors (Lipinski definition) is 5. The third-order valence-corrected chi connectivity index (χ3v) is 4.60. The van der Waals surface area contributed by atoms with Crippen molar-refractivity contribution >= 4 is 11.8 Å². The summed E-state index contributed by atoms with van der Waals surface area (Å²) in [7, 11) is 4.14. The molecule has 5 heteroatoms. The van der Waals surface area contributed by atoms with Crippen molar-refractivity contribution in [2.75, 3.05) is 37.8 Å². The summed E-state index contributed by atoms with van der Waals surface area (Å²) in [6, 6.07) is 12.9. The van der Waals surface area contributed by atoms with E-state index in [1.165, 1.54) is 32.1 Å². The number of hydrogen-bond donors (Lipinski definition) is 2. The molecule has 1 aromatic carbocycles. The summed E-state index contributed by atoms with van der Waals surface area (Å²) in [5.74, 6) is 1.62. The number of aromatic nitrogens is 2. The normalized spacial score (nSPS) is 15.3. The van der Waals surface area contributed by atoms with Crippen molar-refractivity contribution in [2.24, 2.45) is 0 Å². The van der Waals surface area contributed by atoms with E-state index in [4.69, 9.17) is 9.97 Å². The standard InChI is InChI=1S/C20H29N5/c1-25(2)14-13-21-20-23-18(16-9-5-3-6-10-16)15-19(24-20)22-17-11-7-4-8-12-17/h3,5-6,9-10,15,17H,4,7-8,11-14H2,1-2H3,(H2,21,22,23,24). The van der Waals surface area contributed by atoms with Gasteiger partial charge in [-0.15, -0.1) is 0 Å². The van der Waals surface area contributed by atoms with Crippen molar-refractivity contribution in [3.05, 3.63) is 36.4 Å². The van der Waals surface area contributed by atoms with Gasteiger partial charge in [-0.3, -0.25) is 0 Å². The minimum atomic E-state index is 0.530. The van der Waals surface area contributed by atoms with Gasteiger partial charge in [-0.2, -0.15) is 4.98 Å². The SMILES string of the molecule is CN(C)CCNc1nc(NC2CCCCC2)cc(-c2ccccc2)n1. The average Bonchev–Trinajstić information content (AvgIpc) is 2.63. The Bertz CT molecular complexity index is 650. The molecule has 5 nitrogen and oxygen atoms in total. The molecule has 0 radical (unpaired) electrons. The molecule has 0 amide bonds. The molecule has 1 aliphatic rings. The molecule has 1 fully saturated rings. The molecule has 0 saturated heterocycles. The Morgan fingerprint density at radius 1 is 1.04 bits per heavy atom. The summed E-state index contributed by atoms with van der Waals surface area (Å²) in [4.78, 5) is 11.6. The first-order valence-corrected chi connectivity index (χ1v) is 9.30. The van der Waals surface area contributed by atoms with Gasteiger partial charge in [0, 0.05) is 30.8 Å². The molecular formula is C20H29N5. The van der Waals surface area contributed by atoms with Crippen molar-refractivity contribution in [2.45, 2.75) is 38.1 Å². The monoisotopic (exact) mass is 339 g/mol. The third kappa shape index (κ3) is 5.43. The number of anilines is 2. The zero-order valence-electron chi connectivity index (χ0n) is 15.3. The lowest BCUT2D eigenvalue weighted by atomic mass is 9.95. The van der Waals surface area contributed by atoms with Crippen LogP contribution in [0.1, 0.15) is 32.1 Å². The molecule has 134 valence electrons. The van der Waals surface area contributed by atoms with E-state index >= 15 is 0 Å². The van der Waals surface area contributed by atoms with Crippen LogP contribution in [0.25, 0.3) is 11.3 Å². The van der Waals surface area contributed by atoms with E-state index in [0.29, 0.717) is 12.0 Å². The van der Waals surface area contributed by atoms with Gasteiger partial charge in [-0.1, -0.05) is 49.6 Å². The zero-order valence-corrected chi connectivity index (χ0v) is 15.3. The van der Waals surface area contributed by atoms with Gasteiger partial charge in [0.05, 0.1) is 5.69 Å². The second-order valence-electron chi connectivity index (χ2n) is 7.04. The maximum atomic E-state index is 4.71. The van der Waals surface area contributed by atoms with Crippen LogP contribution >= 0.6 is 0 Å². The summed E-state index contributed by atoms with van der Waals surface area (Å²) in [6.45, 7) is 1.78. The van der Waals surface area contributed by atoms with Crippen LogP contribution in [0.2, 0.25) is 0 Å². The van der Waals surface area contributed by atoms with Crippen LogP contribution in [-0.2, 0) is 0 Å². The van der Waals surface area contributed by atoms with E-state index in [1.54, 1.807) is 0 Å². The molecule has 0 aliphatic heterocycles. The maximum Gasteiger partial charge on any atom is 0.225 e. The van der Waals surface area contributed by atoms with Crippen LogP contribution in [0.15, 0.2) is 36.4 Å². The molecule has 1 heterocycles. The Morgan fingerprint density at radius 2 is 1.80 bits per heavy atom. The first-order valence-electron chi connectivity index (χ1n) is 9.30. The fraction of sp³-hybridized carbons (Fsp3) is 0.500. The highest BCUT2D eigenvalue weighted by molar-refractivity contribution is 5.64. The van der Waals surface area contributed by atoms with Crippen LogP contribution < -0.4 is 10.6 Å². The largest absolute Gasteiger partial charge is 0.367 e. The maximum absolute atomic E-state index is 4.71. The molecule has 1 saturated carbocycles. The Hall–Kier alpha value is -2.14. The molecule has 0 bridgehead atoms. The third-order valence-electron chi connectivity index (χ3n) is 4.60. The molecule has 1 aromatic heterocycles. The predicted molar refractivity (Wildman–Crippen MR) is 105 cm³/mol. The van der Waals surface area contributed by atoms with Crippen molar-refractivity contribution < 1.29 is 0 Å².